The van der Waals surface area contributed by atoms with Crippen molar-refractivity contribution in [2.45, 2.75) is 37.8 Å². The molecule has 20 heavy (non-hydrogen) atoms. The first-order valence-corrected chi connectivity index (χ1v) is 6.85. The first-order valence-electron chi connectivity index (χ1n) is 6.85. The molecule has 0 unspecified atom stereocenters. The fourth-order valence-electron chi connectivity index (χ4n) is 2.88. The molecule has 106 valence electrons. The Labute approximate surface area is 117 Å². The molecular formula is C15H18N2O3. The largest absolute Gasteiger partial charge is 0.480 e. The van der Waals surface area contributed by atoms with Gasteiger partial charge in [0.15, 0.2) is 0 Å². The second kappa shape index (κ2) is 4.90. The van der Waals surface area contributed by atoms with Crippen molar-refractivity contribution in [2.24, 2.45) is 0 Å². The molecule has 1 N–H and O–H groups in total. The summed E-state index contributed by atoms with van der Waals surface area (Å²) in [7, 11) is 1.73. The van der Waals surface area contributed by atoms with Crippen LogP contribution in [0.5, 0.6) is 0 Å². The maximum atomic E-state index is 11.1. The molecule has 1 aliphatic carbocycles. The van der Waals surface area contributed by atoms with Crippen LogP contribution in [0.15, 0.2) is 24.3 Å². The SMILES string of the molecule is COC1(Cc2nc3ccccc3n2CC(=O)O)CCC1. The average Bonchev–Trinajstić information content (AvgIpc) is 2.71. The summed E-state index contributed by atoms with van der Waals surface area (Å²) in [6, 6.07) is 7.65. The summed E-state index contributed by atoms with van der Waals surface area (Å²) < 4.78 is 7.42. The molecule has 1 aliphatic rings. The molecule has 1 heterocycles. The van der Waals surface area contributed by atoms with Crippen molar-refractivity contribution in [3.63, 3.8) is 0 Å². The van der Waals surface area contributed by atoms with E-state index in [1.54, 1.807) is 11.7 Å². The molecule has 1 aromatic heterocycles. The zero-order valence-corrected chi connectivity index (χ0v) is 11.5. The highest BCUT2D eigenvalue weighted by molar-refractivity contribution is 5.78. The van der Waals surface area contributed by atoms with Crippen LogP contribution in [0, 0.1) is 0 Å². The third kappa shape index (κ3) is 2.18. The summed E-state index contributed by atoms with van der Waals surface area (Å²) in [6.45, 7) is -0.0599. The van der Waals surface area contributed by atoms with Crippen LogP contribution in [0.1, 0.15) is 25.1 Å². The number of fused-ring (bicyclic) bond motifs is 1. The molecule has 5 nitrogen and oxygen atoms in total. The summed E-state index contributed by atoms with van der Waals surface area (Å²) in [4.78, 5) is 15.7. The first-order chi connectivity index (χ1) is 9.63. The number of hydrogen-bond donors (Lipinski definition) is 1. The van der Waals surface area contributed by atoms with Crippen LogP contribution in [0.3, 0.4) is 0 Å². The quantitative estimate of drug-likeness (QED) is 0.908. The maximum absolute atomic E-state index is 11.1. The van der Waals surface area contributed by atoms with Gasteiger partial charge < -0.3 is 14.4 Å². The third-order valence-electron chi connectivity index (χ3n) is 4.21. The zero-order valence-electron chi connectivity index (χ0n) is 11.5. The van der Waals surface area contributed by atoms with E-state index in [1.807, 2.05) is 24.3 Å². The highest BCUT2D eigenvalue weighted by Gasteiger charge is 2.38. The molecule has 5 heteroatoms. The van der Waals surface area contributed by atoms with Crippen molar-refractivity contribution in [3.8, 4) is 0 Å². The molecule has 0 spiro atoms. The molecule has 0 bridgehead atoms. The van der Waals surface area contributed by atoms with Gasteiger partial charge in [-0.1, -0.05) is 12.1 Å². The predicted molar refractivity (Wildman–Crippen MR) is 74.7 cm³/mol. The minimum atomic E-state index is -0.852. The second-order valence-corrected chi connectivity index (χ2v) is 5.41. The number of ether oxygens (including phenoxy) is 1. The van der Waals surface area contributed by atoms with E-state index in [0.717, 1.165) is 36.1 Å². The fourth-order valence-corrected chi connectivity index (χ4v) is 2.88. The van der Waals surface area contributed by atoms with Crippen molar-refractivity contribution in [3.05, 3.63) is 30.1 Å². The average molecular weight is 274 g/mol. The van der Waals surface area contributed by atoms with Crippen molar-refractivity contribution in [1.82, 2.24) is 9.55 Å². The summed E-state index contributed by atoms with van der Waals surface area (Å²) in [6.07, 6.45) is 3.86. The van der Waals surface area contributed by atoms with Gasteiger partial charge in [-0.3, -0.25) is 4.79 Å². The number of para-hydroxylation sites is 2. The van der Waals surface area contributed by atoms with E-state index in [-0.39, 0.29) is 12.1 Å². The van der Waals surface area contributed by atoms with Crippen LogP contribution in [0.4, 0.5) is 0 Å². The maximum Gasteiger partial charge on any atom is 0.323 e. The molecule has 2 aromatic rings. The van der Waals surface area contributed by atoms with Gasteiger partial charge in [-0.15, -0.1) is 0 Å². The standard InChI is InChI=1S/C15H18N2O3/c1-20-15(7-4-8-15)9-13-16-11-5-2-3-6-12(11)17(13)10-14(18)19/h2-3,5-6H,4,7-10H2,1H3,(H,18,19). The Morgan fingerprint density at radius 3 is 2.80 bits per heavy atom. The van der Waals surface area contributed by atoms with Crippen LogP contribution in [-0.4, -0.2) is 33.3 Å². The summed E-state index contributed by atoms with van der Waals surface area (Å²) in [5.74, 6) is -0.0513. The molecule has 1 aromatic carbocycles. The predicted octanol–water partition coefficient (Wildman–Crippen LogP) is 2.23. The monoisotopic (exact) mass is 274 g/mol. The lowest BCUT2D eigenvalue weighted by molar-refractivity contribution is -0.137. The number of imidazole rings is 1. The first kappa shape index (κ1) is 13.1. The number of hydrogen-bond acceptors (Lipinski definition) is 3. The Morgan fingerprint density at radius 1 is 1.45 bits per heavy atom. The Morgan fingerprint density at radius 2 is 2.20 bits per heavy atom. The molecule has 1 fully saturated rings. The van der Waals surface area contributed by atoms with Crippen LogP contribution < -0.4 is 0 Å². The van der Waals surface area contributed by atoms with Crippen molar-refractivity contribution < 1.29 is 14.6 Å². The van der Waals surface area contributed by atoms with Crippen LogP contribution >= 0.6 is 0 Å². The van der Waals surface area contributed by atoms with Crippen LogP contribution in [0.2, 0.25) is 0 Å². The Kier molecular flexibility index (Phi) is 3.22. The van der Waals surface area contributed by atoms with E-state index in [4.69, 9.17) is 9.84 Å². The number of carbonyl (C=O) groups is 1. The lowest BCUT2D eigenvalue weighted by atomic mass is 9.77. The molecule has 0 saturated heterocycles. The van der Waals surface area contributed by atoms with E-state index in [9.17, 15) is 4.79 Å². The van der Waals surface area contributed by atoms with Gasteiger partial charge in [-0.05, 0) is 31.4 Å². The Balaban J connectivity index is 2.02. The Bertz CT molecular complexity index is 638. The van der Waals surface area contributed by atoms with Gasteiger partial charge in [0, 0.05) is 13.5 Å². The minimum absolute atomic E-state index is 0.0599. The van der Waals surface area contributed by atoms with Crippen LogP contribution in [-0.2, 0) is 22.5 Å². The topological polar surface area (TPSA) is 64.4 Å². The molecule has 1 saturated carbocycles. The van der Waals surface area contributed by atoms with Crippen molar-refractivity contribution in [2.75, 3.05) is 7.11 Å². The number of nitrogens with zero attached hydrogens (tertiary/aromatic N) is 2. The van der Waals surface area contributed by atoms with Gasteiger partial charge in [0.1, 0.15) is 12.4 Å². The lowest BCUT2D eigenvalue weighted by Crippen LogP contribution is -2.42. The van der Waals surface area contributed by atoms with E-state index >= 15 is 0 Å². The number of carboxylic acid groups (broad SMARTS) is 1. The van der Waals surface area contributed by atoms with E-state index in [0.29, 0.717) is 6.42 Å². The van der Waals surface area contributed by atoms with Crippen LogP contribution in [0.25, 0.3) is 11.0 Å². The molecule has 0 aliphatic heterocycles. The van der Waals surface area contributed by atoms with E-state index in [2.05, 4.69) is 4.98 Å². The number of benzene rings is 1. The molecule has 0 atom stereocenters. The zero-order chi connectivity index (χ0) is 14.2. The van der Waals surface area contributed by atoms with E-state index in [1.165, 1.54) is 0 Å². The number of methoxy groups -OCH3 is 1. The lowest BCUT2D eigenvalue weighted by Gasteiger charge is -2.40. The van der Waals surface area contributed by atoms with Gasteiger partial charge in [-0.25, -0.2) is 4.98 Å². The summed E-state index contributed by atoms with van der Waals surface area (Å²) >= 11 is 0. The third-order valence-corrected chi connectivity index (χ3v) is 4.21. The molecular weight excluding hydrogens is 256 g/mol. The summed E-state index contributed by atoms with van der Waals surface area (Å²) in [5, 5.41) is 9.12. The van der Waals surface area contributed by atoms with Crippen molar-refractivity contribution >= 4 is 17.0 Å². The fraction of sp³-hybridized carbons (Fsp3) is 0.467. The van der Waals surface area contributed by atoms with Gasteiger partial charge in [0.25, 0.3) is 0 Å². The van der Waals surface area contributed by atoms with Gasteiger partial charge in [-0.2, -0.15) is 0 Å². The minimum Gasteiger partial charge on any atom is -0.480 e. The number of aliphatic carboxylic acids is 1. The number of carboxylic acids is 1. The number of rotatable bonds is 5. The second-order valence-electron chi connectivity index (χ2n) is 5.41. The van der Waals surface area contributed by atoms with Gasteiger partial charge >= 0.3 is 5.97 Å². The summed E-state index contributed by atoms with van der Waals surface area (Å²) in [5.41, 5.74) is 1.56. The van der Waals surface area contributed by atoms with E-state index < -0.39 is 5.97 Å². The number of aromatic nitrogens is 2. The van der Waals surface area contributed by atoms with Gasteiger partial charge in [0.2, 0.25) is 0 Å². The molecule has 3 rings (SSSR count). The highest BCUT2D eigenvalue weighted by atomic mass is 16.5. The highest BCUT2D eigenvalue weighted by Crippen LogP contribution is 2.38. The van der Waals surface area contributed by atoms with Gasteiger partial charge in [0.05, 0.1) is 16.6 Å². The van der Waals surface area contributed by atoms with Crippen molar-refractivity contribution in [1.29, 1.82) is 0 Å². The smallest absolute Gasteiger partial charge is 0.323 e. The Hall–Kier alpha value is -1.88. The molecule has 0 amide bonds. The molecule has 0 radical (unpaired) electrons. The normalized spacial score (nSPS) is 17.1.